The second-order valence-corrected chi connectivity index (χ2v) is 6.31. The molecule has 2 aromatic rings. The summed E-state index contributed by atoms with van der Waals surface area (Å²) in [6.45, 7) is 0. The first-order valence-electron chi connectivity index (χ1n) is 5.95. The van der Waals surface area contributed by atoms with E-state index in [9.17, 15) is 8.42 Å². The molecule has 0 unspecified atom stereocenters. The first kappa shape index (κ1) is 14.8. The summed E-state index contributed by atoms with van der Waals surface area (Å²) in [5.41, 5.74) is 1.97. The van der Waals surface area contributed by atoms with Crippen molar-refractivity contribution < 1.29 is 13.2 Å². The van der Waals surface area contributed by atoms with Crippen LogP contribution in [-0.4, -0.2) is 32.0 Å². The zero-order valence-corrected chi connectivity index (χ0v) is 12.3. The lowest BCUT2D eigenvalue weighted by atomic mass is 10.1. The van der Waals surface area contributed by atoms with Crippen LogP contribution in [0.25, 0.3) is 17.3 Å². The standard InChI is InChI=1S/C14H13N3O3S/c1-20-12-5-3-10(4-6-12)14-11(9-16-17-14)7-13(8-15)21(2,18)19/h3-7,9H,1-2H3,(H,16,17)/b13-7-. The van der Waals surface area contributed by atoms with E-state index in [2.05, 4.69) is 10.2 Å². The Balaban J connectivity index is 2.48. The molecular weight excluding hydrogens is 290 g/mol. The molecule has 6 nitrogen and oxygen atoms in total. The van der Waals surface area contributed by atoms with Gasteiger partial charge in [0.2, 0.25) is 0 Å². The first-order valence-corrected chi connectivity index (χ1v) is 7.84. The van der Waals surface area contributed by atoms with Crippen molar-refractivity contribution in [1.29, 1.82) is 5.26 Å². The number of aromatic amines is 1. The number of nitrogens with one attached hydrogen (secondary N) is 1. The SMILES string of the molecule is COc1ccc(-c2[nH]ncc2/C=C(/C#N)S(C)(=O)=O)cc1. The van der Waals surface area contributed by atoms with Gasteiger partial charge in [-0.1, -0.05) is 0 Å². The minimum atomic E-state index is -3.56. The summed E-state index contributed by atoms with van der Waals surface area (Å²) in [7, 11) is -1.99. The molecule has 21 heavy (non-hydrogen) atoms. The van der Waals surface area contributed by atoms with E-state index in [4.69, 9.17) is 10.00 Å². The fourth-order valence-corrected chi connectivity index (χ4v) is 2.26. The Morgan fingerprint density at radius 1 is 1.38 bits per heavy atom. The quantitative estimate of drug-likeness (QED) is 0.871. The summed E-state index contributed by atoms with van der Waals surface area (Å²) in [6, 6.07) is 8.89. The molecule has 0 aliphatic rings. The predicted octanol–water partition coefficient (Wildman–Crippen LogP) is 1.99. The van der Waals surface area contributed by atoms with Gasteiger partial charge in [0.05, 0.1) is 19.0 Å². The van der Waals surface area contributed by atoms with Gasteiger partial charge in [-0.2, -0.15) is 10.4 Å². The lowest BCUT2D eigenvalue weighted by molar-refractivity contribution is 0.415. The molecule has 7 heteroatoms. The number of nitrogens with zero attached hydrogens (tertiary/aromatic N) is 2. The van der Waals surface area contributed by atoms with E-state index >= 15 is 0 Å². The normalized spacial score (nSPS) is 12.0. The van der Waals surface area contributed by atoms with Crippen molar-refractivity contribution >= 4 is 15.9 Å². The van der Waals surface area contributed by atoms with Crippen molar-refractivity contribution in [1.82, 2.24) is 10.2 Å². The Morgan fingerprint density at radius 3 is 2.57 bits per heavy atom. The van der Waals surface area contributed by atoms with E-state index < -0.39 is 9.84 Å². The van der Waals surface area contributed by atoms with E-state index in [1.807, 2.05) is 12.1 Å². The first-order chi connectivity index (χ1) is 9.95. The van der Waals surface area contributed by atoms with E-state index in [1.54, 1.807) is 25.3 Å². The number of hydrogen-bond donors (Lipinski definition) is 1. The highest BCUT2D eigenvalue weighted by molar-refractivity contribution is 7.95. The fourth-order valence-electron chi connectivity index (χ4n) is 1.76. The van der Waals surface area contributed by atoms with Crippen LogP contribution in [0.1, 0.15) is 5.56 Å². The highest BCUT2D eigenvalue weighted by atomic mass is 32.2. The van der Waals surface area contributed by atoms with Crippen molar-refractivity contribution in [3.05, 3.63) is 40.9 Å². The number of rotatable bonds is 4. The number of H-pyrrole nitrogens is 1. The second-order valence-electron chi connectivity index (χ2n) is 4.32. The molecule has 1 heterocycles. The summed E-state index contributed by atoms with van der Waals surface area (Å²) >= 11 is 0. The Bertz CT molecular complexity index is 812. The van der Waals surface area contributed by atoms with Gasteiger partial charge >= 0.3 is 0 Å². The molecule has 1 N–H and O–H groups in total. The average Bonchev–Trinajstić information content (AvgIpc) is 2.91. The number of nitriles is 1. The maximum Gasteiger partial charge on any atom is 0.185 e. The maximum atomic E-state index is 11.5. The topological polar surface area (TPSA) is 95.8 Å². The summed E-state index contributed by atoms with van der Waals surface area (Å²) in [5, 5.41) is 15.7. The van der Waals surface area contributed by atoms with Crippen LogP contribution in [0, 0.1) is 11.3 Å². The third-order valence-electron chi connectivity index (χ3n) is 2.84. The number of aromatic nitrogens is 2. The van der Waals surface area contributed by atoms with Crippen LogP contribution in [-0.2, 0) is 9.84 Å². The Labute approximate surface area is 122 Å². The van der Waals surface area contributed by atoms with Gasteiger partial charge in [-0.3, -0.25) is 5.10 Å². The minimum Gasteiger partial charge on any atom is -0.497 e. The van der Waals surface area contributed by atoms with Crippen LogP contribution < -0.4 is 4.74 Å². The second kappa shape index (κ2) is 5.81. The van der Waals surface area contributed by atoms with Crippen molar-refractivity contribution in [2.45, 2.75) is 0 Å². The van der Waals surface area contributed by atoms with E-state index in [0.717, 1.165) is 11.8 Å². The van der Waals surface area contributed by atoms with Crippen LogP contribution in [0.3, 0.4) is 0 Å². The molecule has 0 aliphatic heterocycles. The monoisotopic (exact) mass is 303 g/mol. The molecule has 0 aliphatic carbocycles. The van der Waals surface area contributed by atoms with Crippen LogP contribution in [0.2, 0.25) is 0 Å². The number of hydrogen-bond acceptors (Lipinski definition) is 5. The summed E-state index contributed by atoms with van der Waals surface area (Å²) in [4.78, 5) is -0.307. The van der Waals surface area contributed by atoms with Gasteiger partial charge in [0.25, 0.3) is 0 Å². The third-order valence-corrected chi connectivity index (χ3v) is 3.85. The lowest BCUT2D eigenvalue weighted by Crippen LogP contribution is -1.98. The van der Waals surface area contributed by atoms with E-state index in [1.165, 1.54) is 12.3 Å². The fraction of sp³-hybridized carbons (Fsp3) is 0.143. The smallest absolute Gasteiger partial charge is 0.185 e. The van der Waals surface area contributed by atoms with Crippen LogP contribution in [0.15, 0.2) is 35.4 Å². The Kier molecular flexibility index (Phi) is 4.10. The molecule has 1 aromatic heterocycles. The van der Waals surface area contributed by atoms with Gasteiger partial charge in [0.1, 0.15) is 16.7 Å². The zero-order valence-electron chi connectivity index (χ0n) is 11.5. The maximum absolute atomic E-state index is 11.5. The summed E-state index contributed by atoms with van der Waals surface area (Å²) in [5.74, 6) is 0.712. The van der Waals surface area contributed by atoms with E-state index in [-0.39, 0.29) is 4.91 Å². The number of allylic oxidation sites excluding steroid dienone is 1. The van der Waals surface area contributed by atoms with E-state index in [0.29, 0.717) is 17.0 Å². The van der Waals surface area contributed by atoms with Gasteiger partial charge < -0.3 is 4.74 Å². The molecule has 0 fully saturated rings. The summed E-state index contributed by atoms with van der Waals surface area (Å²) in [6.07, 6.45) is 3.77. The molecule has 108 valence electrons. The number of ether oxygens (including phenoxy) is 1. The van der Waals surface area contributed by atoms with Gasteiger partial charge in [0, 0.05) is 17.4 Å². The molecule has 2 rings (SSSR count). The zero-order chi connectivity index (χ0) is 15.5. The average molecular weight is 303 g/mol. The van der Waals surface area contributed by atoms with Crippen molar-refractivity contribution in [3.8, 4) is 23.1 Å². The molecule has 1 aromatic carbocycles. The largest absolute Gasteiger partial charge is 0.497 e. The highest BCUT2D eigenvalue weighted by Crippen LogP contribution is 2.25. The minimum absolute atomic E-state index is 0.307. The highest BCUT2D eigenvalue weighted by Gasteiger charge is 2.13. The van der Waals surface area contributed by atoms with Gasteiger partial charge in [-0.25, -0.2) is 8.42 Å². The molecule has 0 atom stereocenters. The molecule has 0 radical (unpaired) electrons. The van der Waals surface area contributed by atoms with Crippen LogP contribution >= 0.6 is 0 Å². The molecule has 0 saturated heterocycles. The third kappa shape index (κ3) is 3.30. The molecule has 0 saturated carbocycles. The van der Waals surface area contributed by atoms with Crippen molar-refractivity contribution in [3.63, 3.8) is 0 Å². The van der Waals surface area contributed by atoms with Crippen molar-refractivity contribution in [2.75, 3.05) is 13.4 Å². The van der Waals surface area contributed by atoms with Gasteiger partial charge in [0.15, 0.2) is 9.84 Å². The number of sulfone groups is 1. The Morgan fingerprint density at radius 2 is 2.05 bits per heavy atom. The lowest BCUT2D eigenvalue weighted by Gasteiger charge is -2.03. The molecular formula is C14H13N3O3S. The summed E-state index contributed by atoms with van der Waals surface area (Å²) < 4.78 is 28.0. The molecule has 0 spiro atoms. The van der Waals surface area contributed by atoms with Gasteiger partial charge in [-0.05, 0) is 30.3 Å². The predicted molar refractivity (Wildman–Crippen MR) is 79.0 cm³/mol. The Hall–Kier alpha value is -2.59. The number of methoxy groups -OCH3 is 1. The van der Waals surface area contributed by atoms with Crippen molar-refractivity contribution in [2.24, 2.45) is 0 Å². The number of benzene rings is 1. The molecule has 0 bridgehead atoms. The van der Waals surface area contributed by atoms with Gasteiger partial charge in [-0.15, -0.1) is 0 Å². The molecule has 0 amide bonds. The van der Waals surface area contributed by atoms with Crippen LogP contribution in [0.4, 0.5) is 0 Å². The van der Waals surface area contributed by atoms with Crippen LogP contribution in [0.5, 0.6) is 5.75 Å².